The molecule has 1 fully saturated rings. The average Bonchev–Trinajstić information content (AvgIpc) is 3.23. The quantitative estimate of drug-likeness (QED) is 0.909. The molecule has 1 heterocycles. The van der Waals surface area contributed by atoms with Gasteiger partial charge in [-0.25, -0.2) is 4.98 Å². The maximum absolute atomic E-state index is 12.5. The van der Waals surface area contributed by atoms with Gasteiger partial charge < -0.3 is 10.3 Å². The lowest BCUT2D eigenvalue weighted by Gasteiger charge is -2.25. The van der Waals surface area contributed by atoms with Crippen molar-refractivity contribution in [1.29, 1.82) is 0 Å². The Bertz CT molecular complexity index is 748. The summed E-state index contributed by atoms with van der Waals surface area (Å²) in [6, 6.07) is 11.1. The van der Waals surface area contributed by atoms with Crippen LogP contribution in [0.15, 0.2) is 41.2 Å². The smallest absolute Gasteiger partial charge is 0.270 e. The molecular formula is C17H19N3O2. The van der Waals surface area contributed by atoms with Crippen LogP contribution in [0.25, 0.3) is 0 Å². The van der Waals surface area contributed by atoms with Crippen molar-refractivity contribution in [3.63, 3.8) is 0 Å². The summed E-state index contributed by atoms with van der Waals surface area (Å²) in [6.07, 6.45) is 2.16. The van der Waals surface area contributed by atoms with E-state index in [-0.39, 0.29) is 28.6 Å². The number of aryl methyl sites for hydroxylation is 1. The fourth-order valence-corrected chi connectivity index (χ4v) is 2.69. The molecule has 1 aliphatic carbocycles. The van der Waals surface area contributed by atoms with E-state index in [1.807, 2.05) is 30.3 Å². The van der Waals surface area contributed by atoms with Gasteiger partial charge in [-0.2, -0.15) is 0 Å². The van der Waals surface area contributed by atoms with Crippen LogP contribution in [0.5, 0.6) is 0 Å². The van der Waals surface area contributed by atoms with E-state index < -0.39 is 0 Å². The number of aromatic amines is 1. The van der Waals surface area contributed by atoms with E-state index in [2.05, 4.69) is 22.2 Å². The van der Waals surface area contributed by atoms with Crippen molar-refractivity contribution in [2.24, 2.45) is 5.41 Å². The van der Waals surface area contributed by atoms with Crippen LogP contribution in [0.4, 0.5) is 0 Å². The first kappa shape index (κ1) is 14.5. The van der Waals surface area contributed by atoms with Gasteiger partial charge in [-0.1, -0.05) is 37.3 Å². The zero-order chi connectivity index (χ0) is 15.7. The first-order valence-corrected chi connectivity index (χ1v) is 7.42. The van der Waals surface area contributed by atoms with Crippen molar-refractivity contribution in [2.75, 3.05) is 0 Å². The summed E-state index contributed by atoms with van der Waals surface area (Å²) >= 11 is 0. The molecule has 0 unspecified atom stereocenters. The molecule has 2 N–H and O–H groups in total. The number of rotatable bonds is 4. The monoisotopic (exact) mass is 297 g/mol. The van der Waals surface area contributed by atoms with Gasteiger partial charge in [0.25, 0.3) is 11.5 Å². The lowest BCUT2D eigenvalue weighted by molar-refractivity contribution is 0.0913. The summed E-state index contributed by atoms with van der Waals surface area (Å²) in [5.74, 6) is 0.128. The van der Waals surface area contributed by atoms with Crippen LogP contribution in [0, 0.1) is 12.3 Å². The summed E-state index contributed by atoms with van der Waals surface area (Å²) in [6.45, 7) is 3.83. The van der Waals surface area contributed by atoms with Gasteiger partial charge >= 0.3 is 0 Å². The van der Waals surface area contributed by atoms with Crippen LogP contribution in [0.1, 0.15) is 47.7 Å². The van der Waals surface area contributed by atoms with Crippen LogP contribution in [0.3, 0.4) is 0 Å². The third kappa shape index (κ3) is 2.93. The van der Waals surface area contributed by atoms with E-state index in [0.717, 1.165) is 18.4 Å². The second-order valence-corrected chi connectivity index (χ2v) is 6.19. The number of H-pyrrole nitrogens is 1. The first-order valence-electron chi connectivity index (χ1n) is 7.42. The highest BCUT2D eigenvalue weighted by Gasteiger charge is 2.46. The van der Waals surface area contributed by atoms with Crippen molar-refractivity contribution in [2.45, 2.75) is 32.7 Å². The SMILES string of the molecule is Cc1nc(C(=O)N[C@@H](c2ccccc2)C2(C)CC2)cc(=O)[nH]1. The molecule has 1 saturated carbocycles. The highest BCUT2D eigenvalue weighted by molar-refractivity contribution is 5.92. The van der Waals surface area contributed by atoms with Crippen LogP contribution in [0.2, 0.25) is 0 Å². The molecule has 1 aromatic carbocycles. The number of aromatic nitrogens is 2. The molecule has 1 aliphatic rings. The largest absolute Gasteiger partial charge is 0.343 e. The number of carbonyl (C=O) groups is 1. The van der Waals surface area contributed by atoms with Crippen molar-refractivity contribution < 1.29 is 4.79 Å². The molecule has 5 nitrogen and oxygen atoms in total. The normalized spacial score (nSPS) is 16.8. The summed E-state index contributed by atoms with van der Waals surface area (Å²) in [5, 5.41) is 3.05. The van der Waals surface area contributed by atoms with Gasteiger partial charge in [0.15, 0.2) is 0 Å². The number of hydrogen-bond acceptors (Lipinski definition) is 3. The molecular weight excluding hydrogens is 278 g/mol. The minimum atomic E-state index is -0.313. The number of benzene rings is 1. The summed E-state index contributed by atoms with van der Waals surface area (Å²) in [5.41, 5.74) is 1.00. The van der Waals surface area contributed by atoms with Gasteiger partial charge in [0, 0.05) is 6.07 Å². The number of amides is 1. The lowest BCUT2D eigenvalue weighted by Crippen LogP contribution is -2.34. The number of nitrogens with one attached hydrogen (secondary N) is 2. The van der Waals surface area contributed by atoms with Gasteiger partial charge in [0.2, 0.25) is 0 Å². The highest BCUT2D eigenvalue weighted by atomic mass is 16.2. The van der Waals surface area contributed by atoms with Crippen LogP contribution >= 0.6 is 0 Å². The summed E-state index contributed by atoms with van der Waals surface area (Å²) in [7, 11) is 0. The molecule has 0 bridgehead atoms. The fourth-order valence-electron chi connectivity index (χ4n) is 2.69. The van der Waals surface area contributed by atoms with Crippen molar-refractivity contribution >= 4 is 5.91 Å². The molecule has 0 spiro atoms. The Balaban J connectivity index is 1.88. The molecule has 0 radical (unpaired) electrons. The maximum atomic E-state index is 12.5. The Kier molecular flexibility index (Phi) is 3.56. The van der Waals surface area contributed by atoms with Crippen LogP contribution in [-0.2, 0) is 0 Å². The molecule has 1 atom stereocenters. The molecule has 3 rings (SSSR count). The van der Waals surface area contributed by atoms with Gasteiger partial charge in [0.05, 0.1) is 6.04 Å². The maximum Gasteiger partial charge on any atom is 0.270 e. The zero-order valence-corrected chi connectivity index (χ0v) is 12.7. The third-order valence-corrected chi connectivity index (χ3v) is 4.24. The zero-order valence-electron chi connectivity index (χ0n) is 12.7. The fraction of sp³-hybridized carbons (Fsp3) is 0.353. The minimum absolute atomic E-state index is 0.0670. The Morgan fingerprint density at radius 3 is 2.59 bits per heavy atom. The molecule has 114 valence electrons. The summed E-state index contributed by atoms with van der Waals surface area (Å²) < 4.78 is 0. The van der Waals surface area contributed by atoms with E-state index in [9.17, 15) is 9.59 Å². The highest BCUT2D eigenvalue weighted by Crippen LogP contribution is 2.54. The Hall–Kier alpha value is -2.43. The van der Waals surface area contributed by atoms with E-state index in [0.29, 0.717) is 5.82 Å². The van der Waals surface area contributed by atoms with Gasteiger partial charge in [-0.15, -0.1) is 0 Å². The minimum Gasteiger partial charge on any atom is -0.343 e. The van der Waals surface area contributed by atoms with Gasteiger partial charge in [-0.05, 0) is 30.7 Å². The van der Waals surface area contributed by atoms with E-state index >= 15 is 0 Å². The molecule has 2 aromatic rings. The first-order chi connectivity index (χ1) is 10.5. The second-order valence-electron chi connectivity index (χ2n) is 6.19. The molecule has 0 aliphatic heterocycles. The van der Waals surface area contributed by atoms with Crippen molar-refractivity contribution in [3.8, 4) is 0 Å². The predicted molar refractivity (Wildman–Crippen MR) is 83.6 cm³/mol. The Labute approximate surface area is 128 Å². The standard InChI is InChI=1S/C17H19N3O2/c1-11-18-13(10-14(21)19-11)16(22)20-15(17(2)8-9-17)12-6-4-3-5-7-12/h3-7,10,15H,8-9H2,1-2H3,(H,20,22)(H,18,19,21)/t15-/m0/s1. The Morgan fingerprint density at radius 2 is 2.00 bits per heavy atom. The Morgan fingerprint density at radius 1 is 1.32 bits per heavy atom. The molecule has 1 aromatic heterocycles. The van der Waals surface area contributed by atoms with Crippen molar-refractivity contribution in [3.05, 3.63) is 63.8 Å². The predicted octanol–water partition coefficient (Wildman–Crippen LogP) is 2.35. The topological polar surface area (TPSA) is 74.8 Å². The molecule has 1 amide bonds. The van der Waals surface area contributed by atoms with E-state index in [1.165, 1.54) is 6.07 Å². The van der Waals surface area contributed by atoms with Crippen molar-refractivity contribution in [1.82, 2.24) is 15.3 Å². The van der Waals surface area contributed by atoms with E-state index in [1.54, 1.807) is 6.92 Å². The third-order valence-electron chi connectivity index (χ3n) is 4.24. The van der Waals surface area contributed by atoms with E-state index in [4.69, 9.17) is 0 Å². The molecule has 0 saturated heterocycles. The lowest BCUT2D eigenvalue weighted by atomic mass is 9.91. The van der Waals surface area contributed by atoms with Crippen LogP contribution < -0.4 is 10.9 Å². The number of carbonyl (C=O) groups excluding carboxylic acids is 1. The van der Waals surface area contributed by atoms with Crippen LogP contribution in [-0.4, -0.2) is 15.9 Å². The molecule has 5 heteroatoms. The average molecular weight is 297 g/mol. The summed E-state index contributed by atoms with van der Waals surface area (Å²) in [4.78, 5) is 30.6. The number of hydrogen-bond donors (Lipinski definition) is 2. The van der Waals surface area contributed by atoms with Gasteiger partial charge in [-0.3, -0.25) is 9.59 Å². The van der Waals surface area contributed by atoms with Gasteiger partial charge in [0.1, 0.15) is 11.5 Å². The molecule has 22 heavy (non-hydrogen) atoms. The number of nitrogens with zero attached hydrogens (tertiary/aromatic N) is 1. The second kappa shape index (κ2) is 5.40.